The summed E-state index contributed by atoms with van der Waals surface area (Å²) in [4.78, 5) is 24.7. The van der Waals surface area contributed by atoms with E-state index in [1.54, 1.807) is 16.7 Å². The van der Waals surface area contributed by atoms with Crippen LogP contribution >= 0.6 is 11.8 Å². The lowest BCUT2D eigenvalue weighted by Crippen LogP contribution is -2.47. The molecule has 1 amide bonds. The summed E-state index contributed by atoms with van der Waals surface area (Å²) in [5.74, 6) is 0.513. The van der Waals surface area contributed by atoms with E-state index in [9.17, 15) is 18.0 Å². The quantitative estimate of drug-likeness (QED) is 0.749. The molecule has 2 heterocycles. The van der Waals surface area contributed by atoms with Crippen LogP contribution in [0.4, 0.5) is 0 Å². The summed E-state index contributed by atoms with van der Waals surface area (Å²) < 4.78 is 24.7. The molecule has 2 aliphatic heterocycles. The highest BCUT2D eigenvalue weighted by Crippen LogP contribution is 2.21. The first-order chi connectivity index (χ1) is 9.90. The highest BCUT2D eigenvalue weighted by Gasteiger charge is 2.31. The predicted octanol–water partition coefficient (Wildman–Crippen LogP) is -0.169. The van der Waals surface area contributed by atoms with E-state index in [0.29, 0.717) is 25.3 Å². The van der Waals surface area contributed by atoms with Gasteiger partial charge in [0.15, 0.2) is 0 Å². The molecule has 1 N–H and O–H groups in total. The van der Waals surface area contributed by atoms with Crippen LogP contribution in [0, 0.1) is 0 Å². The number of carboxylic acid groups (broad SMARTS) is 1. The summed E-state index contributed by atoms with van der Waals surface area (Å²) in [6, 6.07) is -0.288. The fraction of sp³-hybridized carbons (Fsp3) is 0.833. The molecule has 21 heavy (non-hydrogen) atoms. The molecule has 2 fully saturated rings. The Bertz CT molecular complexity index is 508. The number of carbonyl (C=O) groups is 2. The van der Waals surface area contributed by atoms with Crippen LogP contribution in [0.1, 0.15) is 19.3 Å². The maximum absolute atomic E-state index is 12.3. The molecular weight excluding hydrogens is 316 g/mol. The minimum atomic E-state index is -3.18. The molecule has 0 radical (unpaired) electrons. The zero-order valence-electron chi connectivity index (χ0n) is 11.7. The molecule has 1 atom stereocenters. The highest BCUT2D eigenvalue weighted by molar-refractivity contribution is 7.99. The molecule has 0 spiro atoms. The van der Waals surface area contributed by atoms with E-state index in [4.69, 9.17) is 5.11 Å². The minimum Gasteiger partial charge on any atom is -0.481 e. The van der Waals surface area contributed by atoms with Gasteiger partial charge in [-0.1, -0.05) is 0 Å². The standard InChI is InChI=1S/C12H20N2O5S2/c15-11(2-4-13-3-1-7-21(13,18)19)14-5-6-20-9-10(14)8-12(16)17/h10H,1-9H2,(H,16,17). The van der Waals surface area contributed by atoms with Crippen LogP contribution in [0.3, 0.4) is 0 Å². The number of sulfonamides is 1. The Hall–Kier alpha value is -0.800. The van der Waals surface area contributed by atoms with Crippen molar-refractivity contribution in [1.29, 1.82) is 0 Å². The average Bonchev–Trinajstić information content (AvgIpc) is 2.75. The van der Waals surface area contributed by atoms with E-state index in [1.807, 2.05) is 0 Å². The van der Waals surface area contributed by atoms with Gasteiger partial charge < -0.3 is 10.0 Å². The molecule has 0 bridgehead atoms. The van der Waals surface area contributed by atoms with Crippen LogP contribution < -0.4 is 0 Å². The lowest BCUT2D eigenvalue weighted by atomic mass is 10.2. The number of amides is 1. The van der Waals surface area contributed by atoms with Gasteiger partial charge in [-0.15, -0.1) is 0 Å². The zero-order valence-corrected chi connectivity index (χ0v) is 13.4. The van der Waals surface area contributed by atoms with E-state index in [2.05, 4.69) is 0 Å². The molecule has 2 aliphatic rings. The molecule has 0 aromatic rings. The molecule has 0 saturated carbocycles. The number of hydrogen-bond donors (Lipinski definition) is 1. The minimum absolute atomic E-state index is 0.0548. The largest absolute Gasteiger partial charge is 0.481 e. The monoisotopic (exact) mass is 336 g/mol. The second-order valence-corrected chi connectivity index (χ2v) is 8.47. The van der Waals surface area contributed by atoms with Gasteiger partial charge in [-0.25, -0.2) is 12.7 Å². The maximum Gasteiger partial charge on any atom is 0.305 e. The summed E-state index contributed by atoms with van der Waals surface area (Å²) in [5, 5.41) is 8.90. The molecule has 0 aliphatic carbocycles. The Balaban J connectivity index is 1.90. The van der Waals surface area contributed by atoms with Gasteiger partial charge in [0, 0.05) is 37.6 Å². The number of hydrogen-bond acceptors (Lipinski definition) is 5. The number of nitrogens with zero attached hydrogens (tertiary/aromatic N) is 2. The predicted molar refractivity (Wildman–Crippen MR) is 79.7 cm³/mol. The Labute approximate surface area is 128 Å². The van der Waals surface area contributed by atoms with Gasteiger partial charge in [0.2, 0.25) is 15.9 Å². The Kier molecular flexibility index (Phi) is 5.50. The van der Waals surface area contributed by atoms with Crippen molar-refractivity contribution in [3.63, 3.8) is 0 Å². The van der Waals surface area contributed by atoms with Gasteiger partial charge in [0.25, 0.3) is 0 Å². The van der Waals surface area contributed by atoms with E-state index >= 15 is 0 Å². The van der Waals surface area contributed by atoms with Crippen LogP contribution in [0.2, 0.25) is 0 Å². The molecule has 120 valence electrons. The van der Waals surface area contributed by atoms with E-state index in [-0.39, 0.29) is 37.1 Å². The summed E-state index contributed by atoms with van der Waals surface area (Å²) >= 11 is 1.65. The van der Waals surface area contributed by atoms with Crippen LogP contribution in [0.5, 0.6) is 0 Å². The SMILES string of the molecule is O=C(O)CC1CSCCN1C(=O)CCN1CCCS1(=O)=O. The van der Waals surface area contributed by atoms with Gasteiger partial charge >= 0.3 is 5.97 Å². The van der Waals surface area contributed by atoms with Crippen molar-refractivity contribution in [2.75, 3.05) is 36.9 Å². The zero-order chi connectivity index (χ0) is 15.5. The lowest BCUT2D eigenvalue weighted by Gasteiger charge is -2.35. The van der Waals surface area contributed by atoms with Crippen molar-refractivity contribution in [3.8, 4) is 0 Å². The van der Waals surface area contributed by atoms with Crippen LogP contribution in [-0.4, -0.2) is 77.5 Å². The van der Waals surface area contributed by atoms with Crippen molar-refractivity contribution in [2.45, 2.75) is 25.3 Å². The summed E-state index contributed by atoms with van der Waals surface area (Å²) in [7, 11) is -3.18. The first-order valence-electron chi connectivity index (χ1n) is 6.97. The van der Waals surface area contributed by atoms with E-state index < -0.39 is 16.0 Å². The third kappa shape index (κ3) is 4.33. The topological polar surface area (TPSA) is 95.0 Å². The van der Waals surface area contributed by atoms with Gasteiger partial charge in [0.1, 0.15) is 0 Å². The molecular formula is C12H20N2O5S2. The van der Waals surface area contributed by atoms with Crippen molar-refractivity contribution >= 4 is 33.7 Å². The van der Waals surface area contributed by atoms with Gasteiger partial charge in [-0.2, -0.15) is 11.8 Å². The van der Waals surface area contributed by atoms with Gasteiger partial charge in [-0.3, -0.25) is 9.59 Å². The van der Waals surface area contributed by atoms with Gasteiger partial charge in [-0.05, 0) is 6.42 Å². The summed E-state index contributed by atoms with van der Waals surface area (Å²) in [5.41, 5.74) is 0. The molecule has 9 heteroatoms. The number of aliphatic carboxylic acids is 1. The first kappa shape index (κ1) is 16.6. The molecule has 2 rings (SSSR count). The van der Waals surface area contributed by atoms with Crippen LogP contribution in [-0.2, 0) is 19.6 Å². The average molecular weight is 336 g/mol. The third-order valence-electron chi connectivity index (χ3n) is 3.74. The van der Waals surface area contributed by atoms with Crippen molar-refractivity contribution in [2.24, 2.45) is 0 Å². The Morgan fingerprint density at radius 1 is 1.29 bits per heavy atom. The molecule has 7 nitrogen and oxygen atoms in total. The Morgan fingerprint density at radius 2 is 2.05 bits per heavy atom. The maximum atomic E-state index is 12.3. The van der Waals surface area contributed by atoms with Crippen molar-refractivity contribution in [3.05, 3.63) is 0 Å². The summed E-state index contributed by atoms with van der Waals surface area (Å²) in [6.45, 7) is 1.21. The van der Waals surface area contributed by atoms with E-state index in [1.165, 1.54) is 4.31 Å². The smallest absolute Gasteiger partial charge is 0.305 e. The normalized spacial score (nSPS) is 25.9. The lowest BCUT2D eigenvalue weighted by molar-refractivity contribution is -0.140. The number of rotatable bonds is 5. The number of carboxylic acids is 1. The molecule has 2 saturated heterocycles. The fourth-order valence-corrected chi connectivity index (χ4v) is 5.25. The fourth-order valence-electron chi connectivity index (χ4n) is 2.66. The number of carbonyl (C=O) groups excluding carboxylic acids is 1. The van der Waals surface area contributed by atoms with Crippen LogP contribution in [0.15, 0.2) is 0 Å². The first-order valence-corrected chi connectivity index (χ1v) is 9.73. The second kappa shape index (κ2) is 6.97. The van der Waals surface area contributed by atoms with E-state index in [0.717, 1.165) is 5.75 Å². The summed E-state index contributed by atoms with van der Waals surface area (Å²) in [6.07, 6.45) is 0.680. The second-order valence-electron chi connectivity index (χ2n) is 5.23. The van der Waals surface area contributed by atoms with Gasteiger partial charge in [0.05, 0.1) is 18.2 Å². The van der Waals surface area contributed by atoms with Crippen LogP contribution in [0.25, 0.3) is 0 Å². The molecule has 0 aromatic carbocycles. The van der Waals surface area contributed by atoms with Crippen molar-refractivity contribution < 1.29 is 23.1 Å². The molecule has 1 unspecified atom stereocenters. The molecule has 0 aromatic heterocycles. The van der Waals surface area contributed by atoms with Crippen molar-refractivity contribution in [1.82, 2.24) is 9.21 Å². The highest BCUT2D eigenvalue weighted by atomic mass is 32.2. The Morgan fingerprint density at radius 3 is 2.67 bits per heavy atom. The third-order valence-corrected chi connectivity index (χ3v) is 6.78. The number of thioether (sulfide) groups is 1.